The SMILES string of the molecule is CCOc1ccc(C(O)(CC)C(F)(F)F)c(C)c1. The first-order valence-electron chi connectivity index (χ1n) is 5.79. The number of benzene rings is 1. The van der Waals surface area contributed by atoms with Gasteiger partial charge in [-0.3, -0.25) is 0 Å². The highest BCUT2D eigenvalue weighted by Gasteiger charge is 2.54. The molecule has 1 unspecified atom stereocenters. The molecular formula is C13H17F3O2. The maximum Gasteiger partial charge on any atom is 0.421 e. The van der Waals surface area contributed by atoms with Gasteiger partial charge in [-0.25, -0.2) is 0 Å². The highest BCUT2D eigenvalue weighted by atomic mass is 19.4. The molecule has 1 rings (SSSR count). The first-order valence-corrected chi connectivity index (χ1v) is 5.79. The Morgan fingerprint density at radius 2 is 1.83 bits per heavy atom. The third-order valence-electron chi connectivity index (χ3n) is 2.94. The number of aliphatic hydroxyl groups is 1. The summed E-state index contributed by atoms with van der Waals surface area (Å²) < 4.78 is 44.0. The topological polar surface area (TPSA) is 29.5 Å². The van der Waals surface area contributed by atoms with Crippen LogP contribution >= 0.6 is 0 Å². The maximum atomic E-state index is 12.9. The van der Waals surface area contributed by atoms with Gasteiger partial charge in [0.1, 0.15) is 5.75 Å². The molecule has 0 fully saturated rings. The number of aryl methyl sites for hydroxylation is 1. The summed E-state index contributed by atoms with van der Waals surface area (Å²) in [6.07, 6.45) is -5.12. The van der Waals surface area contributed by atoms with Gasteiger partial charge in [-0.2, -0.15) is 13.2 Å². The van der Waals surface area contributed by atoms with E-state index in [2.05, 4.69) is 0 Å². The van der Waals surface area contributed by atoms with Crippen LogP contribution in [0.15, 0.2) is 18.2 Å². The third-order valence-corrected chi connectivity index (χ3v) is 2.94. The van der Waals surface area contributed by atoms with Crippen molar-refractivity contribution in [1.29, 1.82) is 0 Å². The highest BCUT2D eigenvalue weighted by Crippen LogP contribution is 2.43. The van der Waals surface area contributed by atoms with Gasteiger partial charge in [-0.1, -0.05) is 13.0 Å². The van der Waals surface area contributed by atoms with Gasteiger partial charge in [-0.15, -0.1) is 0 Å². The van der Waals surface area contributed by atoms with Gasteiger partial charge in [0.15, 0.2) is 5.60 Å². The predicted octanol–water partition coefficient (Wildman–Crippen LogP) is 3.55. The van der Waals surface area contributed by atoms with Crippen LogP contribution in [0.5, 0.6) is 5.75 Å². The van der Waals surface area contributed by atoms with E-state index < -0.39 is 18.2 Å². The van der Waals surface area contributed by atoms with E-state index in [4.69, 9.17) is 4.74 Å². The summed E-state index contributed by atoms with van der Waals surface area (Å²) in [7, 11) is 0. The molecule has 1 aromatic carbocycles. The number of halogens is 3. The van der Waals surface area contributed by atoms with E-state index in [1.54, 1.807) is 6.92 Å². The Kier molecular flexibility index (Phi) is 4.27. The fraction of sp³-hybridized carbons (Fsp3) is 0.538. The Labute approximate surface area is 104 Å². The van der Waals surface area contributed by atoms with E-state index in [0.717, 1.165) is 0 Å². The third kappa shape index (κ3) is 2.61. The van der Waals surface area contributed by atoms with E-state index in [-0.39, 0.29) is 5.56 Å². The number of ether oxygens (including phenoxy) is 1. The molecule has 18 heavy (non-hydrogen) atoms. The Balaban J connectivity index is 3.24. The number of rotatable bonds is 4. The van der Waals surface area contributed by atoms with Crippen molar-refractivity contribution in [2.24, 2.45) is 0 Å². The Morgan fingerprint density at radius 1 is 1.22 bits per heavy atom. The van der Waals surface area contributed by atoms with E-state index in [9.17, 15) is 18.3 Å². The van der Waals surface area contributed by atoms with Crippen LogP contribution in [0, 0.1) is 6.92 Å². The molecule has 0 aliphatic carbocycles. The summed E-state index contributed by atoms with van der Waals surface area (Å²) in [5.41, 5.74) is -2.56. The lowest BCUT2D eigenvalue weighted by atomic mass is 9.87. The summed E-state index contributed by atoms with van der Waals surface area (Å²) in [6.45, 7) is 5.07. The van der Waals surface area contributed by atoms with Crippen LogP contribution in [0.2, 0.25) is 0 Å². The molecule has 0 bridgehead atoms. The molecule has 0 aliphatic heterocycles. The molecule has 0 radical (unpaired) electrons. The first-order chi connectivity index (χ1) is 8.26. The summed E-state index contributed by atoms with van der Waals surface area (Å²) in [5.74, 6) is 0.499. The Bertz CT molecular complexity index is 415. The van der Waals surface area contributed by atoms with Crippen molar-refractivity contribution in [1.82, 2.24) is 0 Å². The zero-order chi connectivity index (χ0) is 14.0. The van der Waals surface area contributed by atoms with Crippen LogP contribution in [0.1, 0.15) is 31.4 Å². The molecule has 1 atom stereocenters. The molecule has 0 heterocycles. The van der Waals surface area contributed by atoms with Crippen LogP contribution in [-0.4, -0.2) is 17.9 Å². The van der Waals surface area contributed by atoms with Crippen LogP contribution in [0.25, 0.3) is 0 Å². The maximum absolute atomic E-state index is 12.9. The van der Waals surface area contributed by atoms with Crippen molar-refractivity contribution in [3.05, 3.63) is 29.3 Å². The molecule has 0 amide bonds. The Morgan fingerprint density at radius 3 is 2.22 bits per heavy atom. The zero-order valence-corrected chi connectivity index (χ0v) is 10.6. The molecule has 102 valence electrons. The van der Waals surface area contributed by atoms with E-state index in [0.29, 0.717) is 17.9 Å². The smallest absolute Gasteiger partial charge is 0.421 e. The number of hydrogen-bond donors (Lipinski definition) is 1. The van der Waals surface area contributed by atoms with E-state index >= 15 is 0 Å². The van der Waals surface area contributed by atoms with Crippen LogP contribution < -0.4 is 4.74 Å². The molecule has 1 aromatic rings. The lowest BCUT2D eigenvalue weighted by Gasteiger charge is -2.31. The van der Waals surface area contributed by atoms with Crippen molar-refractivity contribution in [3.8, 4) is 5.75 Å². The molecule has 0 saturated heterocycles. The van der Waals surface area contributed by atoms with Gasteiger partial charge in [0.05, 0.1) is 6.61 Å². The van der Waals surface area contributed by atoms with Crippen molar-refractivity contribution >= 4 is 0 Å². The van der Waals surface area contributed by atoms with Crippen molar-refractivity contribution in [2.45, 2.75) is 39.0 Å². The average Bonchev–Trinajstić information content (AvgIpc) is 2.27. The zero-order valence-electron chi connectivity index (χ0n) is 10.6. The predicted molar refractivity (Wildman–Crippen MR) is 62.6 cm³/mol. The summed E-state index contributed by atoms with van der Waals surface area (Å²) in [4.78, 5) is 0. The fourth-order valence-corrected chi connectivity index (χ4v) is 1.90. The van der Waals surface area contributed by atoms with Gasteiger partial charge in [0.2, 0.25) is 0 Å². The molecule has 0 spiro atoms. The molecule has 0 aromatic heterocycles. The van der Waals surface area contributed by atoms with Gasteiger partial charge in [-0.05, 0) is 43.5 Å². The normalized spacial score (nSPS) is 15.3. The number of alkyl halides is 3. The molecule has 2 nitrogen and oxygen atoms in total. The highest BCUT2D eigenvalue weighted by molar-refractivity contribution is 5.39. The minimum atomic E-state index is -4.69. The molecule has 1 N–H and O–H groups in total. The second-order valence-corrected chi connectivity index (χ2v) is 4.12. The van der Waals surface area contributed by atoms with E-state index in [1.165, 1.54) is 32.0 Å². The fourth-order valence-electron chi connectivity index (χ4n) is 1.90. The average molecular weight is 262 g/mol. The second-order valence-electron chi connectivity index (χ2n) is 4.12. The van der Waals surface area contributed by atoms with Crippen LogP contribution in [0.4, 0.5) is 13.2 Å². The van der Waals surface area contributed by atoms with Crippen LogP contribution in [-0.2, 0) is 5.60 Å². The lowest BCUT2D eigenvalue weighted by molar-refractivity contribution is -0.268. The summed E-state index contributed by atoms with van der Waals surface area (Å²) >= 11 is 0. The standard InChI is InChI=1S/C13H17F3O2/c1-4-12(17,13(14,15)16)11-7-6-10(18-5-2)8-9(11)3/h6-8,17H,4-5H2,1-3H3. The van der Waals surface area contributed by atoms with Gasteiger partial charge < -0.3 is 9.84 Å². The molecule has 0 aliphatic rings. The molecular weight excluding hydrogens is 245 g/mol. The monoisotopic (exact) mass is 262 g/mol. The van der Waals surface area contributed by atoms with Gasteiger partial charge in [0, 0.05) is 0 Å². The van der Waals surface area contributed by atoms with E-state index in [1.807, 2.05) is 0 Å². The second kappa shape index (κ2) is 5.18. The van der Waals surface area contributed by atoms with Crippen molar-refractivity contribution in [3.63, 3.8) is 0 Å². The molecule has 5 heteroatoms. The lowest BCUT2D eigenvalue weighted by Crippen LogP contribution is -2.42. The summed E-state index contributed by atoms with van der Waals surface area (Å²) in [5, 5.41) is 9.86. The molecule has 0 saturated carbocycles. The number of hydrogen-bond acceptors (Lipinski definition) is 2. The first kappa shape index (κ1) is 14.8. The largest absolute Gasteiger partial charge is 0.494 e. The van der Waals surface area contributed by atoms with Gasteiger partial charge >= 0.3 is 6.18 Å². The van der Waals surface area contributed by atoms with Crippen LogP contribution in [0.3, 0.4) is 0 Å². The minimum Gasteiger partial charge on any atom is -0.494 e. The van der Waals surface area contributed by atoms with Crippen molar-refractivity contribution < 1.29 is 23.0 Å². The van der Waals surface area contributed by atoms with Crippen molar-refractivity contribution in [2.75, 3.05) is 6.61 Å². The van der Waals surface area contributed by atoms with Gasteiger partial charge in [0.25, 0.3) is 0 Å². The minimum absolute atomic E-state index is 0.124. The Hall–Kier alpha value is -1.23. The quantitative estimate of drug-likeness (QED) is 0.899. The summed E-state index contributed by atoms with van der Waals surface area (Å²) in [6, 6.07) is 4.22.